The van der Waals surface area contributed by atoms with E-state index in [9.17, 15) is 18.0 Å². The highest BCUT2D eigenvalue weighted by molar-refractivity contribution is 7.86. The minimum Gasteiger partial charge on any atom is -0.295 e. The molecule has 0 bridgehead atoms. The van der Waals surface area contributed by atoms with Gasteiger partial charge in [-0.1, -0.05) is 48.6 Å². The molecule has 2 unspecified atom stereocenters. The quantitative estimate of drug-likeness (QED) is 0.463. The summed E-state index contributed by atoms with van der Waals surface area (Å²) in [5, 5.41) is 2.32. The molecule has 0 aliphatic carbocycles. The van der Waals surface area contributed by atoms with Gasteiger partial charge in [0.15, 0.2) is 6.29 Å². The first-order valence-corrected chi connectivity index (χ1v) is 8.10. The van der Waals surface area contributed by atoms with Gasteiger partial charge in [0.2, 0.25) is 11.3 Å². The number of carbonyl (C=O) groups is 2. The summed E-state index contributed by atoms with van der Waals surface area (Å²) >= 11 is 0. The molecular weight excluding hydrogens is 320 g/mol. The highest BCUT2D eigenvalue weighted by Crippen LogP contribution is 2.12. The number of nitrogens with zero attached hydrogens (tertiary/aromatic N) is 1. The van der Waals surface area contributed by atoms with Gasteiger partial charge in [-0.3, -0.25) is 24.5 Å². The van der Waals surface area contributed by atoms with Crippen molar-refractivity contribution in [1.82, 2.24) is 5.32 Å². The van der Waals surface area contributed by atoms with Crippen molar-refractivity contribution in [3.05, 3.63) is 53.6 Å². The van der Waals surface area contributed by atoms with E-state index in [0.29, 0.717) is 5.57 Å². The highest BCUT2D eigenvalue weighted by atomic mass is 32.2. The molecule has 1 aliphatic rings. The number of hydrogen-bond donors (Lipinski definition) is 2. The number of rotatable bonds is 5. The lowest BCUT2D eigenvalue weighted by Crippen LogP contribution is -2.50. The molecule has 0 aromatic heterocycles. The Balaban J connectivity index is 2.27. The zero-order chi connectivity index (χ0) is 16.9. The largest absolute Gasteiger partial charge is 0.302 e. The molecule has 2 atom stereocenters. The number of aldehydes is 1. The monoisotopic (exact) mass is 334 g/mol. The van der Waals surface area contributed by atoms with Crippen molar-refractivity contribution in [2.24, 2.45) is 4.99 Å². The fraction of sp³-hybridized carbons (Fsp3) is 0.133. The van der Waals surface area contributed by atoms with Crippen molar-refractivity contribution in [2.75, 3.05) is 0 Å². The molecule has 1 aromatic rings. The molecule has 23 heavy (non-hydrogen) atoms. The van der Waals surface area contributed by atoms with Gasteiger partial charge in [0.05, 0.1) is 0 Å². The van der Waals surface area contributed by atoms with Crippen LogP contribution in [0.15, 0.2) is 53.0 Å². The SMILES string of the molecule is O=CC(=O)C1NC(S(=O)(=O)O)N=CC1=CC=Cc1ccccc1. The third-order valence-corrected chi connectivity index (χ3v) is 3.88. The number of aliphatic imine (C=N–C) groups is 1. The van der Waals surface area contributed by atoms with E-state index in [1.807, 2.05) is 30.3 Å². The second-order valence-electron chi connectivity index (χ2n) is 4.70. The lowest BCUT2D eigenvalue weighted by Gasteiger charge is -2.24. The maximum Gasteiger partial charge on any atom is 0.302 e. The van der Waals surface area contributed by atoms with Gasteiger partial charge < -0.3 is 0 Å². The first-order chi connectivity index (χ1) is 10.9. The van der Waals surface area contributed by atoms with Crippen molar-refractivity contribution in [3.63, 3.8) is 0 Å². The predicted octanol–water partition coefficient (Wildman–Crippen LogP) is 0.608. The normalized spacial score (nSPS) is 23.3. The van der Waals surface area contributed by atoms with Gasteiger partial charge in [0.25, 0.3) is 0 Å². The molecule has 2 rings (SSSR count). The molecule has 120 valence electrons. The van der Waals surface area contributed by atoms with Crippen LogP contribution in [-0.4, -0.2) is 42.8 Å². The first-order valence-electron chi connectivity index (χ1n) is 6.59. The van der Waals surface area contributed by atoms with Crippen LogP contribution in [0.4, 0.5) is 0 Å². The average molecular weight is 334 g/mol. The molecule has 0 fully saturated rings. The van der Waals surface area contributed by atoms with Crippen LogP contribution in [0.3, 0.4) is 0 Å². The van der Waals surface area contributed by atoms with Gasteiger partial charge in [0, 0.05) is 6.21 Å². The third-order valence-electron chi connectivity index (χ3n) is 3.06. The number of ketones is 1. The van der Waals surface area contributed by atoms with Crippen LogP contribution < -0.4 is 5.32 Å². The van der Waals surface area contributed by atoms with Gasteiger partial charge in [0.1, 0.15) is 6.04 Å². The lowest BCUT2D eigenvalue weighted by molar-refractivity contribution is -0.130. The lowest BCUT2D eigenvalue weighted by atomic mass is 10.0. The number of hydrogen-bond acceptors (Lipinski definition) is 6. The molecule has 0 radical (unpaired) electrons. The summed E-state index contributed by atoms with van der Waals surface area (Å²) in [7, 11) is -4.51. The molecule has 0 saturated carbocycles. The topological polar surface area (TPSA) is 113 Å². The zero-order valence-corrected chi connectivity index (χ0v) is 12.7. The minimum atomic E-state index is -4.51. The van der Waals surface area contributed by atoms with Crippen molar-refractivity contribution in [3.8, 4) is 0 Å². The summed E-state index contributed by atoms with van der Waals surface area (Å²) in [6.07, 6.45) is 6.20. The van der Waals surface area contributed by atoms with Gasteiger partial charge in [-0.2, -0.15) is 8.42 Å². The molecule has 1 aliphatic heterocycles. The molecular formula is C15H14N2O5S. The Labute approximate surface area is 133 Å². The van der Waals surface area contributed by atoms with Crippen molar-refractivity contribution < 1.29 is 22.6 Å². The Hall–Kier alpha value is -2.42. The Morgan fingerprint density at radius 2 is 1.96 bits per heavy atom. The van der Waals surface area contributed by atoms with E-state index < -0.39 is 27.4 Å². The summed E-state index contributed by atoms with van der Waals surface area (Å²) in [6, 6.07) is 8.19. The second kappa shape index (κ2) is 7.23. The fourth-order valence-corrected chi connectivity index (χ4v) is 2.48. The molecule has 0 saturated heterocycles. The van der Waals surface area contributed by atoms with Gasteiger partial charge >= 0.3 is 10.1 Å². The van der Waals surface area contributed by atoms with E-state index in [0.717, 1.165) is 11.8 Å². The number of nitrogens with one attached hydrogen (secondary N) is 1. The Kier molecular flexibility index (Phi) is 5.32. The van der Waals surface area contributed by atoms with Gasteiger partial charge in [-0.15, -0.1) is 0 Å². The molecule has 1 aromatic carbocycles. The van der Waals surface area contributed by atoms with E-state index in [1.54, 1.807) is 12.2 Å². The van der Waals surface area contributed by atoms with Crippen LogP contribution in [0.5, 0.6) is 0 Å². The maximum absolute atomic E-state index is 11.6. The van der Waals surface area contributed by atoms with Crippen molar-refractivity contribution in [2.45, 2.75) is 11.5 Å². The Bertz CT molecular complexity index is 781. The van der Waals surface area contributed by atoms with E-state index in [-0.39, 0.29) is 6.29 Å². The van der Waals surface area contributed by atoms with E-state index in [1.165, 1.54) is 6.08 Å². The van der Waals surface area contributed by atoms with Crippen LogP contribution in [-0.2, 0) is 19.7 Å². The summed E-state index contributed by atoms with van der Waals surface area (Å²) in [5.41, 5.74) is -0.431. The maximum atomic E-state index is 11.6. The van der Waals surface area contributed by atoms with Crippen LogP contribution >= 0.6 is 0 Å². The van der Waals surface area contributed by atoms with Crippen LogP contribution in [0.25, 0.3) is 6.08 Å². The summed E-state index contributed by atoms with van der Waals surface area (Å²) in [4.78, 5) is 26.0. The minimum absolute atomic E-state index is 0.0899. The zero-order valence-electron chi connectivity index (χ0n) is 11.9. The molecule has 0 amide bonds. The van der Waals surface area contributed by atoms with Crippen LogP contribution in [0, 0.1) is 0 Å². The first kappa shape index (κ1) is 16.9. The molecule has 7 nitrogen and oxygen atoms in total. The molecule has 2 N–H and O–H groups in total. The van der Waals surface area contributed by atoms with Crippen LogP contribution in [0.2, 0.25) is 0 Å². The number of benzene rings is 1. The predicted molar refractivity (Wildman–Crippen MR) is 85.4 cm³/mol. The van der Waals surface area contributed by atoms with Crippen LogP contribution in [0.1, 0.15) is 5.56 Å². The number of Topliss-reactive ketones (excluding diaryl/α,β-unsaturated/α-hetero) is 1. The molecule has 0 spiro atoms. The Morgan fingerprint density at radius 1 is 1.26 bits per heavy atom. The summed E-state index contributed by atoms with van der Waals surface area (Å²) in [6.45, 7) is 0. The van der Waals surface area contributed by atoms with Gasteiger partial charge in [-0.05, 0) is 11.1 Å². The number of allylic oxidation sites excluding steroid dienone is 2. The summed E-state index contributed by atoms with van der Waals surface area (Å²) in [5.74, 6) is -0.857. The van der Waals surface area contributed by atoms with E-state index in [2.05, 4.69) is 10.3 Å². The fourth-order valence-electron chi connectivity index (χ4n) is 1.96. The summed E-state index contributed by atoms with van der Waals surface area (Å²) < 4.78 is 31.2. The highest BCUT2D eigenvalue weighted by Gasteiger charge is 2.33. The smallest absolute Gasteiger partial charge is 0.295 e. The Morgan fingerprint density at radius 3 is 2.57 bits per heavy atom. The van der Waals surface area contributed by atoms with Crippen molar-refractivity contribution >= 4 is 34.5 Å². The molecule has 1 heterocycles. The number of carbonyl (C=O) groups excluding carboxylic acids is 2. The standard InChI is InChI=1S/C15H14N2O5S/c18-10-13(19)14-12(9-16-15(17-14)23(20,21)22)8-4-7-11-5-2-1-3-6-11/h1-10,14-15,17H,(H,20,21,22). The second-order valence-corrected chi connectivity index (χ2v) is 6.18. The molecule has 8 heteroatoms. The van der Waals surface area contributed by atoms with Gasteiger partial charge in [-0.25, -0.2) is 0 Å². The van der Waals surface area contributed by atoms with Crippen molar-refractivity contribution in [1.29, 1.82) is 0 Å². The van der Waals surface area contributed by atoms with E-state index in [4.69, 9.17) is 4.55 Å². The third kappa shape index (κ3) is 4.52. The average Bonchev–Trinajstić information content (AvgIpc) is 2.54. The van der Waals surface area contributed by atoms with E-state index >= 15 is 0 Å².